The van der Waals surface area contributed by atoms with Gasteiger partial charge in [-0.1, -0.05) is 0 Å². The van der Waals surface area contributed by atoms with Crippen molar-refractivity contribution in [3.8, 4) is 12.1 Å². The van der Waals surface area contributed by atoms with E-state index in [1.165, 1.54) is 12.3 Å². The van der Waals surface area contributed by atoms with Crippen molar-refractivity contribution in [1.29, 1.82) is 5.26 Å². The third-order valence-electron chi connectivity index (χ3n) is 1.33. The lowest BCUT2D eigenvalue weighted by atomic mass is 10.4. The number of nitriles is 1. The summed E-state index contributed by atoms with van der Waals surface area (Å²) in [6.07, 6.45) is 2.24. The summed E-state index contributed by atoms with van der Waals surface area (Å²) in [5.74, 6) is 0. The van der Waals surface area contributed by atoms with E-state index in [0.29, 0.717) is 18.8 Å². The van der Waals surface area contributed by atoms with Crippen LogP contribution in [0.2, 0.25) is 0 Å². The molecule has 0 saturated heterocycles. The second kappa shape index (κ2) is 5.06. The molecule has 0 saturated carbocycles. The molecular weight excluding hydrogens is 168 g/mol. The first-order valence-corrected chi connectivity index (χ1v) is 3.93. The van der Waals surface area contributed by atoms with Crippen LogP contribution in [0, 0.1) is 11.3 Å². The zero-order chi connectivity index (χ0) is 9.52. The Morgan fingerprint density at radius 2 is 2.46 bits per heavy atom. The van der Waals surface area contributed by atoms with Crippen LogP contribution in [0.1, 0.15) is 12.1 Å². The highest BCUT2D eigenvalue weighted by atomic mass is 16.5. The van der Waals surface area contributed by atoms with Crippen LogP contribution in [0.3, 0.4) is 0 Å². The largest absolute Gasteiger partial charge is 0.463 e. The molecule has 0 aliphatic carbocycles. The maximum atomic E-state index is 8.52. The van der Waals surface area contributed by atoms with E-state index < -0.39 is 0 Å². The van der Waals surface area contributed by atoms with Gasteiger partial charge in [0.1, 0.15) is 11.8 Å². The minimum absolute atomic E-state index is 0.229. The molecule has 13 heavy (non-hydrogen) atoms. The predicted molar refractivity (Wildman–Crippen MR) is 45.9 cm³/mol. The first-order valence-electron chi connectivity index (χ1n) is 3.93. The van der Waals surface area contributed by atoms with Gasteiger partial charge in [-0.25, -0.2) is 4.98 Å². The number of hydrogen-bond acceptors (Lipinski definition) is 5. The Bertz CT molecular complexity index is 307. The molecule has 0 radical (unpaired) electrons. The van der Waals surface area contributed by atoms with E-state index >= 15 is 0 Å². The van der Waals surface area contributed by atoms with E-state index in [1.54, 1.807) is 0 Å². The highest BCUT2D eigenvalue weighted by Crippen LogP contribution is 2.01. The van der Waals surface area contributed by atoms with Gasteiger partial charge < -0.3 is 10.5 Å². The molecule has 1 heterocycles. The third-order valence-corrected chi connectivity index (χ3v) is 1.33. The zero-order valence-electron chi connectivity index (χ0n) is 7.10. The fourth-order valence-corrected chi connectivity index (χ4v) is 0.719. The molecule has 2 N–H and O–H groups in total. The summed E-state index contributed by atoms with van der Waals surface area (Å²) in [7, 11) is 0. The first kappa shape index (κ1) is 9.42. The van der Waals surface area contributed by atoms with Crippen molar-refractivity contribution in [2.75, 3.05) is 13.2 Å². The Balaban J connectivity index is 2.52. The van der Waals surface area contributed by atoms with Gasteiger partial charge in [-0.2, -0.15) is 10.2 Å². The fraction of sp³-hybridized carbons (Fsp3) is 0.375. The topological polar surface area (TPSA) is 84.8 Å². The van der Waals surface area contributed by atoms with Crippen LogP contribution < -0.4 is 10.5 Å². The highest BCUT2D eigenvalue weighted by Gasteiger charge is 1.97. The molecule has 1 aromatic heterocycles. The van der Waals surface area contributed by atoms with Crippen molar-refractivity contribution in [2.45, 2.75) is 6.42 Å². The molecule has 0 bridgehead atoms. The van der Waals surface area contributed by atoms with Gasteiger partial charge in [-0.15, -0.1) is 0 Å². The van der Waals surface area contributed by atoms with E-state index in [0.717, 1.165) is 6.42 Å². The van der Waals surface area contributed by atoms with Crippen molar-refractivity contribution in [3.63, 3.8) is 0 Å². The Morgan fingerprint density at radius 1 is 1.62 bits per heavy atom. The summed E-state index contributed by atoms with van der Waals surface area (Å²) in [6, 6.07) is 3.65. The fourth-order valence-electron chi connectivity index (χ4n) is 0.719. The molecule has 0 spiro atoms. The molecule has 0 fully saturated rings. The van der Waals surface area contributed by atoms with E-state index in [-0.39, 0.29) is 6.01 Å². The van der Waals surface area contributed by atoms with Gasteiger partial charge in [0.05, 0.1) is 6.61 Å². The summed E-state index contributed by atoms with van der Waals surface area (Å²) < 4.78 is 5.14. The maximum Gasteiger partial charge on any atom is 0.317 e. The van der Waals surface area contributed by atoms with Gasteiger partial charge in [0.15, 0.2) is 0 Å². The quantitative estimate of drug-likeness (QED) is 0.660. The number of nitrogens with zero attached hydrogens (tertiary/aromatic N) is 3. The van der Waals surface area contributed by atoms with Crippen molar-refractivity contribution < 1.29 is 4.74 Å². The molecule has 68 valence electrons. The molecule has 0 aliphatic rings. The highest BCUT2D eigenvalue weighted by molar-refractivity contribution is 5.19. The molecule has 5 heteroatoms. The lowest BCUT2D eigenvalue weighted by molar-refractivity contribution is 0.288. The van der Waals surface area contributed by atoms with Crippen molar-refractivity contribution >= 4 is 0 Å². The van der Waals surface area contributed by atoms with Crippen LogP contribution >= 0.6 is 0 Å². The van der Waals surface area contributed by atoms with Gasteiger partial charge in [0, 0.05) is 6.20 Å². The molecule has 0 atom stereocenters. The van der Waals surface area contributed by atoms with Gasteiger partial charge >= 0.3 is 6.01 Å². The molecule has 0 amide bonds. The molecular formula is C8H10N4O. The lowest BCUT2D eigenvalue weighted by Crippen LogP contribution is -2.07. The molecule has 0 unspecified atom stereocenters. The van der Waals surface area contributed by atoms with Gasteiger partial charge in [0.25, 0.3) is 0 Å². The number of rotatable bonds is 4. The zero-order valence-corrected chi connectivity index (χ0v) is 7.10. The van der Waals surface area contributed by atoms with E-state index in [2.05, 4.69) is 9.97 Å². The predicted octanol–water partition coefficient (Wildman–Crippen LogP) is 0.0759. The summed E-state index contributed by atoms with van der Waals surface area (Å²) in [6.45, 7) is 1.04. The Morgan fingerprint density at radius 3 is 3.15 bits per heavy atom. The average Bonchev–Trinajstić information content (AvgIpc) is 2.19. The Labute approximate surface area is 76.2 Å². The molecule has 0 aliphatic heterocycles. The molecule has 1 rings (SSSR count). The standard InChI is InChI=1S/C8H10N4O/c9-3-1-5-13-8-11-4-2-7(6-10)12-8/h2,4H,1,3,5,9H2. The van der Waals surface area contributed by atoms with Gasteiger partial charge in [-0.05, 0) is 19.0 Å². The minimum atomic E-state index is 0.229. The number of ether oxygens (including phenoxy) is 1. The summed E-state index contributed by atoms with van der Waals surface area (Å²) >= 11 is 0. The molecule has 0 aromatic carbocycles. The third kappa shape index (κ3) is 3.05. The summed E-state index contributed by atoms with van der Waals surface area (Å²) in [4.78, 5) is 7.66. The Hall–Kier alpha value is -1.67. The van der Waals surface area contributed by atoms with Crippen LogP contribution in [0.25, 0.3) is 0 Å². The van der Waals surface area contributed by atoms with Crippen LogP contribution in [0.5, 0.6) is 6.01 Å². The second-order valence-electron chi connectivity index (χ2n) is 2.33. The average molecular weight is 178 g/mol. The lowest BCUT2D eigenvalue weighted by Gasteiger charge is -2.01. The Kier molecular flexibility index (Phi) is 3.67. The monoisotopic (exact) mass is 178 g/mol. The van der Waals surface area contributed by atoms with E-state index in [9.17, 15) is 0 Å². The normalized spacial score (nSPS) is 9.23. The van der Waals surface area contributed by atoms with Crippen molar-refractivity contribution in [1.82, 2.24) is 9.97 Å². The van der Waals surface area contributed by atoms with Crippen molar-refractivity contribution in [2.24, 2.45) is 5.73 Å². The number of hydrogen-bond donors (Lipinski definition) is 1. The maximum absolute atomic E-state index is 8.52. The SMILES string of the molecule is N#Cc1ccnc(OCCCN)n1. The van der Waals surface area contributed by atoms with Crippen LogP contribution in [0.4, 0.5) is 0 Å². The van der Waals surface area contributed by atoms with Crippen LogP contribution in [-0.2, 0) is 0 Å². The first-order chi connectivity index (χ1) is 6.36. The van der Waals surface area contributed by atoms with Crippen LogP contribution in [-0.4, -0.2) is 23.1 Å². The molecule has 5 nitrogen and oxygen atoms in total. The van der Waals surface area contributed by atoms with Crippen molar-refractivity contribution in [3.05, 3.63) is 18.0 Å². The minimum Gasteiger partial charge on any atom is -0.463 e. The van der Waals surface area contributed by atoms with Crippen LogP contribution in [0.15, 0.2) is 12.3 Å². The smallest absolute Gasteiger partial charge is 0.317 e. The molecule has 1 aromatic rings. The van der Waals surface area contributed by atoms with Gasteiger partial charge in [-0.3, -0.25) is 0 Å². The number of aromatic nitrogens is 2. The van der Waals surface area contributed by atoms with E-state index in [4.69, 9.17) is 15.7 Å². The summed E-state index contributed by atoms with van der Waals surface area (Å²) in [5, 5.41) is 8.52. The number of nitrogens with two attached hydrogens (primary N) is 1. The van der Waals surface area contributed by atoms with E-state index in [1.807, 2.05) is 6.07 Å². The van der Waals surface area contributed by atoms with Gasteiger partial charge in [0.2, 0.25) is 0 Å². The second-order valence-corrected chi connectivity index (χ2v) is 2.33. The summed E-state index contributed by atoms with van der Waals surface area (Å²) in [5.41, 5.74) is 5.58.